The summed E-state index contributed by atoms with van der Waals surface area (Å²) < 4.78 is 0. The molecule has 7 aliphatic heterocycles. The molecule has 4 unspecified atom stereocenters. The van der Waals surface area contributed by atoms with Crippen LogP contribution in [0.5, 0.6) is 0 Å². The Hall–Kier alpha value is 3.47. The van der Waals surface area contributed by atoms with Crippen molar-refractivity contribution in [3.63, 3.8) is 0 Å². The van der Waals surface area contributed by atoms with E-state index in [0.29, 0.717) is 0 Å². The molecule has 7 fully saturated rings. The summed E-state index contributed by atoms with van der Waals surface area (Å²) in [6, 6.07) is 0. The molecule has 16 heteroatoms. The molecule has 476 valence electrons. The highest BCUT2D eigenvalue weighted by molar-refractivity contribution is 8.83. The fourth-order valence-corrected chi connectivity index (χ4v) is 1880. The van der Waals surface area contributed by atoms with Gasteiger partial charge in [-0.15, -0.1) is 0 Å². The molecule has 12 atom stereocenters. The summed E-state index contributed by atoms with van der Waals surface area (Å²) in [5, 5.41) is 0. The molecule has 0 amide bonds. The first-order valence-corrected chi connectivity index (χ1v) is 92.3. The normalized spacial score (nSPS) is 41.9. The lowest BCUT2D eigenvalue weighted by molar-refractivity contribution is 0.772. The summed E-state index contributed by atoms with van der Waals surface area (Å²) >= 11 is 0. The van der Waals surface area contributed by atoms with Gasteiger partial charge in [-0.25, -0.2) is 0 Å². The van der Waals surface area contributed by atoms with Crippen molar-refractivity contribution in [1.82, 2.24) is 0 Å². The van der Waals surface area contributed by atoms with Gasteiger partial charge >= 0.3 is 0 Å². The van der Waals surface area contributed by atoms with Crippen LogP contribution in [0.1, 0.15) is 310 Å². The molecule has 0 saturated carbocycles. The van der Waals surface area contributed by atoms with E-state index >= 15 is 0 Å². The minimum Gasteiger partial charge on any atom is -0.0659 e. The predicted octanol–water partition coefficient (Wildman–Crippen LogP) is 23.4. The van der Waals surface area contributed by atoms with Crippen LogP contribution < -0.4 is 0 Å². The van der Waals surface area contributed by atoms with E-state index in [-0.39, 0.29) is 0 Å². The van der Waals surface area contributed by atoms with Crippen molar-refractivity contribution < 1.29 is 0 Å². The van der Waals surface area contributed by atoms with Crippen molar-refractivity contribution in [3.8, 4) is 0 Å². The van der Waals surface area contributed by atoms with Crippen molar-refractivity contribution in [2.45, 2.75) is 421 Å². The zero-order valence-electron chi connectivity index (χ0n) is 63.7. The van der Waals surface area contributed by atoms with Crippen molar-refractivity contribution in [2.24, 2.45) is 0 Å². The van der Waals surface area contributed by atoms with Crippen molar-refractivity contribution in [2.75, 3.05) is 0 Å². The van der Waals surface area contributed by atoms with Gasteiger partial charge in [0.1, 0.15) is 0 Å². The summed E-state index contributed by atoms with van der Waals surface area (Å²) in [7, 11) is -7.54. The molecular weight excluding hydrogens is 1230 g/mol. The van der Waals surface area contributed by atoms with Gasteiger partial charge < -0.3 is 0 Å². The van der Waals surface area contributed by atoms with Crippen LogP contribution in [0.25, 0.3) is 0 Å². The second-order valence-corrected chi connectivity index (χ2v) is 252. The maximum Gasteiger partial charge on any atom is 0.0400 e. The molecule has 0 nitrogen and oxygen atoms in total. The largest absolute Gasteiger partial charge is 0.0659 e. The number of hydrogen-bond donors (Lipinski definition) is 0. The van der Waals surface area contributed by atoms with E-state index in [2.05, 4.69) is 291 Å². The maximum absolute atomic E-state index is 3.30. The Morgan fingerprint density at radius 1 is 0.136 bits per heavy atom. The molecular formula is C65H152Si16. The van der Waals surface area contributed by atoms with Crippen LogP contribution in [-0.4, -0.2) is 108 Å². The van der Waals surface area contributed by atoms with E-state index in [1.54, 1.807) is 0 Å². The van der Waals surface area contributed by atoms with Gasteiger partial charge in [0.05, 0.1) is 0 Å². The molecule has 0 aromatic rings. The van der Waals surface area contributed by atoms with Gasteiger partial charge in [0.2, 0.25) is 0 Å². The van der Waals surface area contributed by atoms with Crippen LogP contribution in [0.4, 0.5) is 0 Å². The first-order valence-electron chi connectivity index (χ1n) is 36.8. The van der Waals surface area contributed by atoms with Gasteiger partial charge in [0, 0.05) is 108 Å². The lowest BCUT2D eigenvalue weighted by atomic mass is 10.3. The maximum atomic E-state index is 3.30. The Morgan fingerprint density at radius 2 is 0.222 bits per heavy atom. The summed E-state index contributed by atoms with van der Waals surface area (Å²) in [4.78, 5) is 0. The molecule has 7 heterocycles. The molecule has 0 aromatic heterocycles. The molecule has 0 spiro atoms. The number of hydrogen-bond acceptors (Lipinski definition) is 0. The Labute approximate surface area is 524 Å². The SMILES string of the molecule is CC(C)[Si]1(C(C)C)[Si](C(C)C)(C(C)C)[Si@]2(C(C)C)[Si@@]1(C(C)C)[Si@@]1(C(C)C)[Si]3(C(C)C)[Si](C(C)C)([Si]4(C(C)C)[Si]3(C(C)C)[Si@]3(C(C)C)[Si@@]5(C(C)C)[Si](C(C)C)(C(C)C)[Si](C(C)C)(C(C)C)[Si@@]5(C(C)C)[Si@]43C(C)C)[Si@@]21C(C)C.CCCCC. The molecule has 7 rings (SSSR count). The molecule has 7 aliphatic rings. The van der Waals surface area contributed by atoms with Crippen LogP contribution in [-0.2, 0) is 0 Å². The zero-order chi connectivity index (χ0) is 63.7. The van der Waals surface area contributed by atoms with Gasteiger partial charge in [-0.2, -0.15) is 0 Å². The summed E-state index contributed by atoms with van der Waals surface area (Å²) in [5.41, 5.74) is 21.3. The second kappa shape index (κ2) is 21.5. The lowest BCUT2D eigenvalue weighted by Gasteiger charge is -3.26. The minimum absolute atomic E-state index is 1.01. The number of unbranched alkanes of at least 4 members (excludes halogenated alkanes) is 2. The Morgan fingerprint density at radius 3 is 0.272 bits per heavy atom. The van der Waals surface area contributed by atoms with Gasteiger partial charge in [-0.05, 0) is 0 Å². The quantitative estimate of drug-likeness (QED) is 0.0948. The molecule has 0 aromatic carbocycles. The average molecular weight is 1380 g/mol. The molecule has 7 saturated heterocycles. The highest BCUT2D eigenvalue weighted by Gasteiger charge is 3.33. The fourth-order valence-electron chi connectivity index (χ4n) is 39.2. The minimum atomic E-state index is -1.99. The number of fused-ring (bicyclic) bond motifs is 16. The van der Waals surface area contributed by atoms with E-state index < -0.39 is 108 Å². The van der Waals surface area contributed by atoms with Gasteiger partial charge in [-0.3, -0.25) is 0 Å². The van der Waals surface area contributed by atoms with Crippen molar-refractivity contribution >= 4 is 108 Å². The van der Waals surface area contributed by atoms with Crippen molar-refractivity contribution in [3.05, 3.63) is 0 Å². The fraction of sp³-hybridized carbons (Fsp3) is 1.00. The smallest absolute Gasteiger partial charge is 0.0400 e. The third-order valence-electron chi connectivity index (χ3n) is 32.3. The topological polar surface area (TPSA) is 0 Å². The van der Waals surface area contributed by atoms with E-state index in [9.17, 15) is 0 Å². The predicted molar refractivity (Wildman–Crippen MR) is 419 cm³/mol. The standard InChI is InChI=1S/C60H140Si16.C5H12/c1-41(2)61(42(3)4)62(43(5)6,44(7)8)66(50(19)20)65(61,49(17)18)69(53(25)26)70(66,54(27)28)74(58(35)36)73(69,57(33)34)75(59(37)38)71(55(29)30)67(51(21)22)63(45(9)10,46(11)12)64(47(13)14,48(15)16)68(67,52(23)24)72(71,56(31)32)76(74,75)60(39)40;1-3-5-4-2/h41-60H,1-40H3;3-5H2,1-2H3/t65-,66+,67-,68+,69+,70-,71+,72-,73?,74?,75?,76?;. The highest BCUT2D eigenvalue weighted by Crippen LogP contribution is 3.05. The summed E-state index contributed by atoms with van der Waals surface area (Å²) in [6.45, 7) is 108. The Kier molecular flexibility index (Phi) is 19.5. The van der Waals surface area contributed by atoms with Crippen molar-refractivity contribution in [1.29, 1.82) is 0 Å². The third kappa shape index (κ3) is 5.29. The van der Waals surface area contributed by atoms with Crippen LogP contribution in [0.15, 0.2) is 0 Å². The average Bonchev–Trinajstić information content (AvgIpc) is 3.25. The monoisotopic (exact) mass is 1380 g/mol. The van der Waals surface area contributed by atoms with Gasteiger partial charge in [-0.1, -0.05) is 421 Å². The Bertz CT molecular complexity index is 1970. The summed E-state index contributed by atoms with van der Waals surface area (Å²) in [6.07, 6.45) is 4.08. The van der Waals surface area contributed by atoms with Crippen LogP contribution in [0.3, 0.4) is 0 Å². The van der Waals surface area contributed by atoms with E-state index in [4.69, 9.17) is 0 Å². The molecule has 0 radical (unpaired) electrons. The molecule has 0 bridgehead atoms. The molecule has 0 aliphatic carbocycles. The van der Waals surface area contributed by atoms with E-state index in [1.807, 2.05) is 0 Å². The summed E-state index contributed by atoms with van der Waals surface area (Å²) in [5.74, 6) is 0. The van der Waals surface area contributed by atoms with Crippen LogP contribution in [0.2, 0.25) is 111 Å². The van der Waals surface area contributed by atoms with Gasteiger partial charge in [0.25, 0.3) is 0 Å². The molecule has 0 N–H and O–H groups in total. The lowest BCUT2D eigenvalue weighted by Crippen LogP contribution is -3.58. The first kappa shape index (κ1) is 73.5. The Balaban J connectivity index is 0.00000202. The van der Waals surface area contributed by atoms with E-state index in [1.165, 1.54) is 19.3 Å². The first-order chi connectivity index (χ1) is 36.8. The number of rotatable bonds is 22. The zero-order valence-corrected chi connectivity index (χ0v) is 79.7. The third-order valence-corrected chi connectivity index (χ3v) is 722. The van der Waals surface area contributed by atoms with E-state index in [0.717, 1.165) is 111 Å². The highest BCUT2D eigenvalue weighted by atomic mass is 31.0. The van der Waals surface area contributed by atoms with Crippen LogP contribution in [0, 0.1) is 0 Å². The van der Waals surface area contributed by atoms with Gasteiger partial charge in [0.15, 0.2) is 0 Å². The second-order valence-electron chi connectivity index (χ2n) is 37.6. The van der Waals surface area contributed by atoms with Crippen LogP contribution >= 0.6 is 0 Å². The molecule has 81 heavy (non-hydrogen) atoms.